The second-order valence-corrected chi connectivity index (χ2v) is 8.50. The first kappa shape index (κ1) is 22.7. The van der Waals surface area contributed by atoms with E-state index in [1.165, 1.54) is 0 Å². The molecule has 7 nitrogen and oxygen atoms in total. The smallest absolute Gasteiger partial charge is 0.321 e. The van der Waals surface area contributed by atoms with Gasteiger partial charge < -0.3 is 19.2 Å². The van der Waals surface area contributed by atoms with Gasteiger partial charge in [-0.05, 0) is 62.6 Å². The summed E-state index contributed by atoms with van der Waals surface area (Å²) in [5, 5.41) is 2.84. The van der Waals surface area contributed by atoms with Crippen molar-refractivity contribution in [2.24, 2.45) is 0 Å². The summed E-state index contributed by atoms with van der Waals surface area (Å²) in [6.07, 6.45) is 3.27. The molecule has 2 heterocycles. The number of hydrogen-bond acceptors (Lipinski definition) is 5. The number of benzene rings is 2. The number of nitrogens with zero attached hydrogens (tertiary/aromatic N) is 2. The Morgan fingerprint density at radius 2 is 2.03 bits per heavy atom. The Morgan fingerprint density at radius 3 is 2.76 bits per heavy atom. The summed E-state index contributed by atoms with van der Waals surface area (Å²) in [6, 6.07) is 11.7. The van der Waals surface area contributed by atoms with Crippen LogP contribution in [0, 0.1) is 6.92 Å². The van der Waals surface area contributed by atoms with Crippen LogP contribution in [0.1, 0.15) is 44.2 Å². The van der Waals surface area contributed by atoms with Crippen LogP contribution in [0.3, 0.4) is 0 Å². The van der Waals surface area contributed by atoms with Gasteiger partial charge in [0, 0.05) is 36.8 Å². The van der Waals surface area contributed by atoms with E-state index in [0.717, 1.165) is 34.5 Å². The monoisotopic (exact) mass is 449 g/mol. The molecular weight excluding hydrogens is 418 g/mol. The van der Waals surface area contributed by atoms with Crippen molar-refractivity contribution in [2.45, 2.75) is 46.6 Å². The summed E-state index contributed by atoms with van der Waals surface area (Å²) in [7, 11) is 0. The zero-order valence-electron chi connectivity index (χ0n) is 19.7. The number of rotatable bonds is 9. The lowest BCUT2D eigenvalue weighted by Gasteiger charge is -2.18. The van der Waals surface area contributed by atoms with Crippen LogP contribution in [0.4, 0.5) is 10.5 Å². The number of aromatic nitrogens is 1. The number of aryl methyl sites for hydroxylation is 1. The molecule has 0 saturated carbocycles. The fraction of sp³-hybridized carbons (Fsp3) is 0.385. The van der Waals surface area contributed by atoms with Crippen molar-refractivity contribution in [3.8, 4) is 22.8 Å². The molecule has 2 aromatic carbocycles. The van der Waals surface area contributed by atoms with E-state index in [2.05, 4.69) is 36.3 Å². The summed E-state index contributed by atoms with van der Waals surface area (Å²) in [5.41, 5.74) is 3.86. The summed E-state index contributed by atoms with van der Waals surface area (Å²) >= 11 is 0. The van der Waals surface area contributed by atoms with Gasteiger partial charge in [0.05, 0.1) is 18.9 Å². The van der Waals surface area contributed by atoms with Crippen molar-refractivity contribution < 1.29 is 18.7 Å². The lowest BCUT2D eigenvalue weighted by Crippen LogP contribution is -2.27. The van der Waals surface area contributed by atoms with E-state index >= 15 is 0 Å². The molecular formula is C26H31N3O4. The summed E-state index contributed by atoms with van der Waals surface area (Å²) < 4.78 is 17.8. The number of oxazole rings is 1. The third-order valence-corrected chi connectivity index (χ3v) is 5.40. The molecule has 0 unspecified atom stereocenters. The molecule has 1 aliphatic heterocycles. The topological polar surface area (TPSA) is 76.8 Å². The van der Waals surface area contributed by atoms with E-state index in [0.29, 0.717) is 43.5 Å². The SMILES string of the molecule is CCCOc1ccc(C)c(Cc2ncc(-c3cc(OC(C)C)cc(N4CCNC4=O)c3)o2)c1. The standard InChI is InChI=1S/C26H31N3O4/c1-5-10-31-22-7-6-18(4)19(12-22)14-25-28-16-24(33-25)20-11-21(29-9-8-27-26(29)30)15-23(13-20)32-17(2)3/h6-7,11-13,15-17H,5,8-10,14H2,1-4H3,(H,27,30). The number of carbonyl (C=O) groups excluding carboxylic acids is 1. The summed E-state index contributed by atoms with van der Waals surface area (Å²) in [5.74, 6) is 2.80. The highest BCUT2D eigenvalue weighted by Crippen LogP contribution is 2.33. The fourth-order valence-corrected chi connectivity index (χ4v) is 3.78. The van der Waals surface area contributed by atoms with Crippen LogP contribution in [-0.2, 0) is 6.42 Å². The van der Waals surface area contributed by atoms with Gasteiger partial charge in [-0.2, -0.15) is 0 Å². The molecule has 0 bridgehead atoms. The Hall–Kier alpha value is -3.48. The largest absolute Gasteiger partial charge is 0.494 e. The van der Waals surface area contributed by atoms with Crippen molar-refractivity contribution in [3.05, 3.63) is 59.6 Å². The zero-order valence-corrected chi connectivity index (χ0v) is 19.7. The van der Waals surface area contributed by atoms with Crippen LogP contribution in [0.5, 0.6) is 11.5 Å². The normalized spacial score (nSPS) is 13.5. The molecule has 0 radical (unpaired) electrons. The Balaban J connectivity index is 1.60. The van der Waals surface area contributed by atoms with Gasteiger partial charge in [0.25, 0.3) is 0 Å². The minimum absolute atomic E-state index is 0.0102. The third-order valence-electron chi connectivity index (χ3n) is 5.40. The highest BCUT2D eigenvalue weighted by Gasteiger charge is 2.23. The predicted molar refractivity (Wildman–Crippen MR) is 128 cm³/mol. The van der Waals surface area contributed by atoms with Gasteiger partial charge in [-0.15, -0.1) is 0 Å². The Labute approximate surface area is 194 Å². The number of anilines is 1. The first-order chi connectivity index (χ1) is 15.9. The van der Waals surface area contributed by atoms with Crippen LogP contribution in [-0.4, -0.2) is 36.8 Å². The number of carbonyl (C=O) groups is 1. The molecule has 0 atom stereocenters. The number of hydrogen-bond donors (Lipinski definition) is 1. The number of amides is 2. The fourth-order valence-electron chi connectivity index (χ4n) is 3.78. The Bertz CT molecular complexity index is 1120. The minimum atomic E-state index is -0.110. The van der Waals surface area contributed by atoms with Gasteiger partial charge in [0.15, 0.2) is 11.7 Å². The molecule has 1 N–H and O–H groups in total. The lowest BCUT2D eigenvalue weighted by molar-refractivity contribution is 0.242. The molecule has 4 rings (SSSR count). The van der Waals surface area contributed by atoms with Crippen molar-refractivity contribution in [2.75, 3.05) is 24.6 Å². The van der Waals surface area contributed by atoms with E-state index in [-0.39, 0.29) is 12.1 Å². The van der Waals surface area contributed by atoms with E-state index < -0.39 is 0 Å². The van der Waals surface area contributed by atoms with Gasteiger partial charge in [-0.1, -0.05) is 13.0 Å². The summed E-state index contributed by atoms with van der Waals surface area (Å²) in [4.78, 5) is 18.4. The maximum absolute atomic E-state index is 12.2. The second kappa shape index (κ2) is 9.98. The molecule has 7 heteroatoms. The molecule has 1 saturated heterocycles. The van der Waals surface area contributed by atoms with E-state index in [1.54, 1.807) is 11.1 Å². The maximum Gasteiger partial charge on any atom is 0.321 e. The van der Waals surface area contributed by atoms with Gasteiger partial charge in [0.2, 0.25) is 0 Å². The van der Waals surface area contributed by atoms with Crippen LogP contribution in [0.2, 0.25) is 0 Å². The van der Waals surface area contributed by atoms with Crippen molar-refractivity contribution in [3.63, 3.8) is 0 Å². The Kier molecular flexibility index (Phi) is 6.87. The van der Waals surface area contributed by atoms with Gasteiger partial charge in [0.1, 0.15) is 11.5 Å². The highest BCUT2D eigenvalue weighted by atomic mass is 16.5. The molecule has 33 heavy (non-hydrogen) atoms. The minimum Gasteiger partial charge on any atom is -0.494 e. The van der Waals surface area contributed by atoms with Crippen LogP contribution < -0.4 is 19.7 Å². The lowest BCUT2D eigenvalue weighted by atomic mass is 10.1. The van der Waals surface area contributed by atoms with Crippen LogP contribution >= 0.6 is 0 Å². The Morgan fingerprint density at radius 1 is 1.18 bits per heavy atom. The van der Waals surface area contributed by atoms with Crippen LogP contribution in [0.25, 0.3) is 11.3 Å². The third kappa shape index (κ3) is 5.48. The number of urea groups is 1. The molecule has 0 spiro atoms. The second-order valence-electron chi connectivity index (χ2n) is 8.50. The highest BCUT2D eigenvalue weighted by molar-refractivity contribution is 5.95. The average Bonchev–Trinajstić information content (AvgIpc) is 3.42. The summed E-state index contributed by atoms with van der Waals surface area (Å²) in [6.45, 7) is 10.0. The maximum atomic E-state index is 12.2. The van der Waals surface area contributed by atoms with E-state index in [9.17, 15) is 4.79 Å². The molecule has 174 valence electrons. The molecule has 1 fully saturated rings. The first-order valence-electron chi connectivity index (χ1n) is 11.5. The average molecular weight is 450 g/mol. The molecule has 1 aliphatic rings. The van der Waals surface area contributed by atoms with Crippen molar-refractivity contribution in [1.82, 2.24) is 10.3 Å². The van der Waals surface area contributed by atoms with Gasteiger partial charge in [-0.25, -0.2) is 9.78 Å². The zero-order chi connectivity index (χ0) is 23.4. The van der Waals surface area contributed by atoms with E-state index in [1.807, 2.05) is 38.1 Å². The molecule has 3 aromatic rings. The predicted octanol–water partition coefficient (Wildman–Crippen LogP) is 5.35. The van der Waals surface area contributed by atoms with Gasteiger partial charge in [-0.3, -0.25) is 4.90 Å². The molecule has 1 aromatic heterocycles. The van der Waals surface area contributed by atoms with Crippen molar-refractivity contribution in [1.29, 1.82) is 0 Å². The number of ether oxygens (including phenoxy) is 2. The van der Waals surface area contributed by atoms with Crippen molar-refractivity contribution >= 4 is 11.7 Å². The van der Waals surface area contributed by atoms with E-state index in [4.69, 9.17) is 13.9 Å². The van der Waals surface area contributed by atoms with Crippen LogP contribution in [0.15, 0.2) is 47.0 Å². The van der Waals surface area contributed by atoms with Gasteiger partial charge >= 0.3 is 6.03 Å². The molecule has 2 amide bonds. The first-order valence-corrected chi connectivity index (χ1v) is 11.5. The number of nitrogens with one attached hydrogen (secondary N) is 1. The quantitative estimate of drug-likeness (QED) is 0.477. The molecule has 0 aliphatic carbocycles.